The molecule has 140 valence electrons. The highest BCUT2D eigenvalue weighted by Crippen LogP contribution is 2.27. The molecule has 1 aliphatic rings. The van der Waals surface area contributed by atoms with Crippen LogP contribution in [0.1, 0.15) is 31.7 Å². The second-order valence-corrected chi connectivity index (χ2v) is 6.24. The maximum atomic E-state index is 12.0. The summed E-state index contributed by atoms with van der Waals surface area (Å²) in [5.74, 6) is 1.05. The van der Waals surface area contributed by atoms with Crippen molar-refractivity contribution in [2.24, 2.45) is 10.9 Å². The van der Waals surface area contributed by atoms with Gasteiger partial charge in [-0.15, -0.1) is 24.0 Å². The number of rotatable bonds is 7. The summed E-state index contributed by atoms with van der Waals surface area (Å²) in [6.07, 6.45) is 3.18. The number of hydrogen-bond donors (Lipinski definition) is 3. The van der Waals surface area contributed by atoms with Crippen LogP contribution in [0.2, 0.25) is 0 Å². The largest absolute Gasteiger partial charge is 0.383 e. The summed E-state index contributed by atoms with van der Waals surface area (Å²) >= 11 is 0. The van der Waals surface area contributed by atoms with E-state index < -0.39 is 0 Å². The molecule has 0 aromatic heterocycles. The zero-order valence-electron chi connectivity index (χ0n) is 15.2. The minimum Gasteiger partial charge on any atom is -0.383 e. The molecular formula is C18H29IN4O2. The number of methoxy groups -OCH3 is 1. The number of carbonyl (C=O) groups is 1. The predicted octanol–water partition coefficient (Wildman–Crippen LogP) is 2.74. The monoisotopic (exact) mass is 460 g/mol. The standard InChI is InChI=1S/C18H28N4O2.HI/c1-13(12-24-3)21-18(19-2)20-11-14-6-4-9-16(10-14)22-17(23)15-7-5-8-15;/h4,6,9-10,13,15H,5,7-8,11-12H2,1-3H3,(H,22,23)(H2,19,20,21);1H. The van der Waals surface area contributed by atoms with Crippen molar-refractivity contribution in [1.82, 2.24) is 10.6 Å². The fourth-order valence-corrected chi connectivity index (χ4v) is 2.58. The highest BCUT2D eigenvalue weighted by molar-refractivity contribution is 14.0. The maximum Gasteiger partial charge on any atom is 0.227 e. The van der Waals surface area contributed by atoms with Crippen LogP contribution in [0.3, 0.4) is 0 Å². The average molecular weight is 460 g/mol. The number of aliphatic imine (C=N–C) groups is 1. The van der Waals surface area contributed by atoms with E-state index in [1.165, 1.54) is 0 Å². The molecule has 3 N–H and O–H groups in total. The summed E-state index contributed by atoms with van der Waals surface area (Å²) in [7, 11) is 3.42. The first-order valence-electron chi connectivity index (χ1n) is 8.48. The minimum atomic E-state index is 0. The van der Waals surface area contributed by atoms with Gasteiger partial charge in [-0.1, -0.05) is 18.6 Å². The number of anilines is 1. The summed E-state index contributed by atoms with van der Waals surface area (Å²) < 4.78 is 5.11. The van der Waals surface area contributed by atoms with Crippen LogP contribution in [-0.2, 0) is 16.1 Å². The number of nitrogens with one attached hydrogen (secondary N) is 3. The molecule has 1 fully saturated rings. The molecule has 0 heterocycles. The highest BCUT2D eigenvalue weighted by Gasteiger charge is 2.25. The molecule has 0 aliphatic heterocycles. The number of hydrogen-bond acceptors (Lipinski definition) is 3. The van der Waals surface area contributed by atoms with Gasteiger partial charge in [-0.3, -0.25) is 9.79 Å². The summed E-state index contributed by atoms with van der Waals surface area (Å²) in [6.45, 7) is 3.28. The molecule has 0 radical (unpaired) electrons. The van der Waals surface area contributed by atoms with Crippen molar-refractivity contribution < 1.29 is 9.53 Å². The Morgan fingerprint density at radius 3 is 2.76 bits per heavy atom. The SMILES string of the molecule is CN=C(NCc1cccc(NC(=O)C2CCC2)c1)NC(C)COC.I. The fraction of sp³-hybridized carbons (Fsp3) is 0.556. The predicted molar refractivity (Wildman–Crippen MR) is 113 cm³/mol. The van der Waals surface area contributed by atoms with Gasteiger partial charge in [0.2, 0.25) is 5.91 Å². The van der Waals surface area contributed by atoms with Crippen LogP contribution < -0.4 is 16.0 Å². The third-order valence-corrected chi connectivity index (χ3v) is 4.15. The van der Waals surface area contributed by atoms with Crippen molar-refractivity contribution in [3.8, 4) is 0 Å². The van der Waals surface area contributed by atoms with E-state index in [4.69, 9.17) is 4.74 Å². The number of ether oxygens (including phenoxy) is 1. The van der Waals surface area contributed by atoms with E-state index in [1.54, 1.807) is 14.2 Å². The van der Waals surface area contributed by atoms with Crippen LogP contribution in [0, 0.1) is 5.92 Å². The molecule has 0 saturated heterocycles. The topological polar surface area (TPSA) is 74.8 Å². The van der Waals surface area contributed by atoms with Crippen LogP contribution in [0.25, 0.3) is 0 Å². The number of benzene rings is 1. The van der Waals surface area contributed by atoms with E-state index in [0.29, 0.717) is 13.2 Å². The molecule has 1 aromatic rings. The Labute approximate surface area is 167 Å². The Balaban J connectivity index is 0.00000312. The Kier molecular flexibility index (Phi) is 9.81. The van der Waals surface area contributed by atoms with E-state index >= 15 is 0 Å². The Bertz CT molecular complexity index is 576. The summed E-state index contributed by atoms with van der Waals surface area (Å²) in [6, 6.07) is 8.08. The molecule has 25 heavy (non-hydrogen) atoms. The Morgan fingerprint density at radius 1 is 1.40 bits per heavy atom. The zero-order chi connectivity index (χ0) is 17.4. The third kappa shape index (κ3) is 7.19. The number of guanidine groups is 1. The van der Waals surface area contributed by atoms with Gasteiger partial charge in [-0.2, -0.15) is 0 Å². The lowest BCUT2D eigenvalue weighted by Gasteiger charge is -2.24. The summed E-state index contributed by atoms with van der Waals surface area (Å²) in [5.41, 5.74) is 1.94. The summed E-state index contributed by atoms with van der Waals surface area (Å²) in [5, 5.41) is 9.54. The van der Waals surface area contributed by atoms with E-state index in [-0.39, 0.29) is 41.8 Å². The quantitative estimate of drug-likeness (QED) is 0.333. The van der Waals surface area contributed by atoms with E-state index in [9.17, 15) is 4.79 Å². The Hall–Kier alpha value is -1.35. The van der Waals surface area contributed by atoms with Crippen molar-refractivity contribution in [3.05, 3.63) is 29.8 Å². The van der Waals surface area contributed by atoms with Crippen molar-refractivity contribution in [1.29, 1.82) is 0 Å². The molecule has 1 aromatic carbocycles. The highest BCUT2D eigenvalue weighted by atomic mass is 127. The third-order valence-electron chi connectivity index (χ3n) is 4.15. The van der Waals surface area contributed by atoms with Gasteiger partial charge in [0.1, 0.15) is 0 Å². The molecule has 7 heteroatoms. The van der Waals surface area contributed by atoms with Crippen molar-refractivity contribution in [2.75, 3.05) is 26.1 Å². The minimum absolute atomic E-state index is 0. The number of nitrogens with zero attached hydrogens (tertiary/aromatic N) is 1. The van der Waals surface area contributed by atoms with Gasteiger partial charge in [0.05, 0.1) is 6.61 Å². The van der Waals surface area contributed by atoms with Crippen LogP contribution >= 0.6 is 24.0 Å². The molecule has 1 amide bonds. The maximum absolute atomic E-state index is 12.0. The average Bonchev–Trinajstić information content (AvgIpc) is 2.50. The lowest BCUT2D eigenvalue weighted by molar-refractivity contribution is -0.122. The molecule has 1 aliphatic carbocycles. The van der Waals surface area contributed by atoms with Crippen LogP contribution in [0.5, 0.6) is 0 Å². The van der Waals surface area contributed by atoms with Gasteiger partial charge in [0, 0.05) is 38.3 Å². The van der Waals surface area contributed by atoms with Gasteiger partial charge in [-0.25, -0.2) is 0 Å². The van der Waals surface area contributed by atoms with Gasteiger partial charge < -0.3 is 20.7 Å². The number of halogens is 1. The van der Waals surface area contributed by atoms with Crippen molar-refractivity contribution >= 4 is 41.5 Å². The number of amides is 1. The molecule has 0 spiro atoms. The first-order valence-corrected chi connectivity index (χ1v) is 8.48. The van der Waals surface area contributed by atoms with Crippen molar-refractivity contribution in [3.63, 3.8) is 0 Å². The zero-order valence-corrected chi connectivity index (χ0v) is 17.5. The molecule has 1 saturated carbocycles. The normalized spacial score (nSPS) is 15.6. The lowest BCUT2D eigenvalue weighted by atomic mass is 9.85. The van der Waals surface area contributed by atoms with Gasteiger partial charge >= 0.3 is 0 Å². The second kappa shape index (κ2) is 11.3. The Morgan fingerprint density at radius 2 is 2.16 bits per heavy atom. The first-order chi connectivity index (χ1) is 11.6. The van der Waals surface area contributed by atoms with Crippen LogP contribution in [0.15, 0.2) is 29.3 Å². The van der Waals surface area contributed by atoms with Gasteiger partial charge in [0.25, 0.3) is 0 Å². The molecular weight excluding hydrogens is 431 g/mol. The lowest BCUT2D eigenvalue weighted by Crippen LogP contribution is -2.43. The van der Waals surface area contributed by atoms with Crippen LogP contribution in [0.4, 0.5) is 5.69 Å². The molecule has 0 bridgehead atoms. The number of carbonyl (C=O) groups excluding carboxylic acids is 1. The van der Waals surface area contributed by atoms with E-state index in [1.807, 2.05) is 31.2 Å². The summed E-state index contributed by atoms with van der Waals surface area (Å²) in [4.78, 5) is 16.2. The molecule has 6 nitrogen and oxygen atoms in total. The van der Waals surface area contributed by atoms with Crippen molar-refractivity contribution in [2.45, 2.75) is 38.8 Å². The first kappa shape index (κ1) is 21.7. The fourth-order valence-electron chi connectivity index (χ4n) is 2.58. The second-order valence-electron chi connectivity index (χ2n) is 6.24. The molecule has 1 unspecified atom stereocenters. The van der Waals surface area contributed by atoms with E-state index in [2.05, 4.69) is 20.9 Å². The molecule has 2 rings (SSSR count). The molecule has 1 atom stereocenters. The van der Waals surface area contributed by atoms with Gasteiger partial charge in [-0.05, 0) is 37.5 Å². The smallest absolute Gasteiger partial charge is 0.227 e. The van der Waals surface area contributed by atoms with E-state index in [0.717, 1.165) is 36.5 Å². The van der Waals surface area contributed by atoms with Crippen LogP contribution in [-0.4, -0.2) is 38.7 Å². The van der Waals surface area contributed by atoms with Gasteiger partial charge in [0.15, 0.2) is 5.96 Å².